The molecule has 2 N–H and O–H groups in total. The van der Waals surface area contributed by atoms with E-state index in [1.165, 1.54) is 0 Å². The summed E-state index contributed by atoms with van der Waals surface area (Å²) >= 11 is 0. The number of aliphatic hydroxyl groups is 2. The lowest BCUT2D eigenvalue weighted by molar-refractivity contribution is -0.219. The molecule has 6 nitrogen and oxygen atoms in total. The fourth-order valence-corrected chi connectivity index (χ4v) is 5.21. The molecule has 4 aromatic carbocycles. The number of esters is 2. The van der Waals surface area contributed by atoms with Gasteiger partial charge in [0.25, 0.3) is 0 Å². The van der Waals surface area contributed by atoms with Crippen LogP contribution in [-0.4, -0.2) is 59.9 Å². The molecule has 0 aliphatic heterocycles. The predicted octanol–water partition coefficient (Wildman–Crippen LogP) is 6.68. The van der Waals surface area contributed by atoms with Gasteiger partial charge in [0.15, 0.2) is 0 Å². The molecule has 0 amide bonds. The molecule has 44 heavy (non-hydrogen) atoms. The number of halogens is 6. The van der Waals surface area contributed by atoms with Crippen molar-refractivity contribution in [2.24, 2.45) is 0 Å². The van der Waals surface area contributed by atoms with Gasteiger partial charge in [-0.15, -0.1) is 0 Å². The Bertz CT molecular complexity index is 1550. The second kappa shape index (κ2) is 12.4. The van der Waals surface area contributed by atoms with E-state index in [1.54, 1.807) is 0 Å². The Morgan fingerprint density at radius 1 is 0.682 bits per heavy atom. The summed E-state index contributed by atoms with van der Waals surface area (Å²) in [7, 11) is 0. The van der Waals surface area contributed by atoms with E-state index in [-0.39, 0.29) is 31.5 Å². The van der Waals surface area contributed by atoms with Crippen molar-refractivity contribution in [3.8, 4) is 0 Å². The molecule has 238 valence electrons. The maximum absolute atomic E-state index is 12.6. The lowest BCUT2D eigenvalue weighted by atomic mass is 9.82. The Morgan fingerprint density at radius 2 is 1.09 bits per heavy atom. The van der Waals surface area contributed by atoms with Crippen molar-refractivity contribution >= 4 is 44.3 Å². The molecule has 0 spiro atoms. The lowest BCUT2D eigenvalue weighted by Gasteiger charge is -2.23. The van der Waals surface area contributed by atoms with Crippen LogP contribution in [-0.2, 0) is 37.3 Å². The fraction of sp³-hybridized carbons (Fsp3) is 0.438. The van der Waals surface area contributed by atoms with Crippen molar-refractivity contribution < 1.29 is 55.6 Å². The monoisotopic (exact) mass is 626 g/mol. The molecule has 0 aliphatic carbocycles. The number of rotatable bonds is 10. The van der Waals surface area contributed by atoms with E-state index in [0.29, 0.717) is 12.8 Å². The third-order valence-electron chi connectivity index (χ3n) is 7.49. The van der Waals surface area contributed by atoms with Gasteiger partial charge in [-0.3, -0.25) is 0 Å². The summed E-state index contributed by atoms with van der Waals surface area (Å²) in [5.74, 6) is -3.57. The molecule has 2 atom stereocenters. The molecule has 0 aliphatic rings. The third kappa shape index (κ3) is 7.18. The van der Waals surface area contributed by atoms with Crippen molar-refractivity contribution in [1.29, 1.82) is 0 Å². The van der Waals surface area contributed by atoms with Gasteiger partial charge in [-0.1, -0.05) is 63.2 Å². The Balaban J connectivity index is 1.65. The smallest absolute Gasteiger partial charge is 0.425 e. The van der Waals surface area contributed by atoms with Crippen molar-refractivity contribution in [1.82, 2.24) is 0 Å². The number of hydrogen-bond acceptors (Lipinski definition) is 6. The van der Waals surface area contributed by atoms with E-state index in [1.807, 2.05) is 30.3 Å². The van der Waals surface area contributed by atoms with Gasteiger partial charge in [0.05, 0.1) is 13.2 Å². The van der Waals surface area contributed by atoms with Crippen molar-refractivity contribution in [3.05, 3.63) is 59.2 Å². The second-order valence-corrected chi connectivity index (χ2v) is 11.8. The van der Waals surface area contributed by atoms with Crippen molar-refractivity contribution in [2.75, 3.05) is 13.2 Å². The van der Waals surface area contributed by atoms with Gasteiger partial charge in [0, 0.05) is 0 Å². The minimum absolute atomic E-state index is 0.116. The number of aliphatic hydroxyl groups excluding tert-OH is 2. The van der Waals surface area contributed by atoms with Gasteiger partial charge in [0.2, 0.25) is 12.2 Å². The number of alkyl halides is 6. The zero-order valence-corrected chi connectivity index (χ0v) is 24.2. The summed E-state index contributed by atoms with van der Waals surface area (Å²) in [6, 6.07) is 14.0. The van der Waals surface area contributed by atoms with E-state index in [9.17, 15) is 35.9 Å². The van der Waals surface area contributed by atoms with Crippen molar-refractivity contribution in [3.63, 3.8) is 0 Å². The summed E-state index contributed by atoms with van der Waals surface area (Å²) < 4.78 is 84.9. The second-order valence-electron chi connectivity index (χ2n) is 11.8. The Kier molecular flexibility index (Phi) is 9.37. The number of ether oxygens (including phenoxy) is 2. The topological polar surface area (TPSA) is 93.1 Å². The summed E-state index contributed by atoms with van der Waals surface area (Å²) in [5, 5.41) is 23.9. The van der Waals surface area contributed by atoms with Gasteiger partial charge in [-0.25, -0.2) is 9.59 Å². The number of hydrogen-bond donors (Lipinski definition) is 2. The van der Waals surface area contributed by atoms with Gasteiger partial charge in [-0.05, 0) is 80.1 Å². The molecule has 0 unspecified atom stereocenters. The first-order valence-corrected chi connectivity index (χ1v) is 14.0. The molecule has 0 fully saturated rings. The van der Waals surface area contributed by atoms with E-state index in [2.05, 4.69) is 42.4 Å². The van der Waals surface area contributed by atoms with Gasteiger partial charge >= 0.3 is 24.3 Å². The molecule has 0 bridgehead atoms. The van der Waals surface area contributed by atoms with Crippen LogP contribution in [0.1, 0.15) is 50.3 Å². The van der Waals surface area contributed by atoms with Crippen molar-refractivity contribution in [2.45, 2.75) is 76.4 Å². The van der Waals surface area contributed by atoms with Crippen LogP contribution >= 0.6 is 0 Å². The van der Waals surface area contributed by atoms with Crippen LogP contribution in [0.15, 0.2) is 42.5 Å². The normalized spacial score (nSPS) is 14.3. The SMILES string of the molecule is CC(C)(C)c1cc2ccc3c(CCCOC(=O)[C@H](O)C(F)(F)F)cc(CCCOC(=O)[C@H](O)C(F)(F)F)c4ccc(c1)c2c34. The molecule has 4 aromatic rings. The standard InChI is InChI=1S/C32H32F6O6/c1-30(2,3)21-15-19-8-10-22-17(6-4-12-43-28(41)26(39)31(33,34)35)14-18(23-11-9-20(16-21)24(19)25(22)23)7-5-13-44-29(42)27(40)32(36,37)38/h8-11,14-16,26-27,39-40H,4-7,12-13H2,1-3H3/t26-,27-/m0/s1. The first-order chi connectivity index (χ1) is 20.4. The average Bonchev–Trinajstić information content (AvgIpc) is 2.94. The summed E-state index contributed by atoms with van der Waals surface area (Å²) in [4.78, 5) is 23.2. The largest absolute Gasteiger partial charge is 0.464 e. The number of carbonyl (C=O) groups is 2. The minimum atomic E-state index is -5.13. The fourth-order valence-electron chi connectivity index (χ4n) is 5.21. The molecule has 0 radical (unpaired) electrons. The highest BCUT2D eigenvalue weighted by atomic mass is 19.4. The van der Waals surface area contributed by atoms with Crippen LogP contribution in [0.3, 0.4) is 0 Å². The van der Waals surface area contributed by atoms with E-state index < -0.39 is 36.5 Å². The maximum Gasteiger partial charge on any atom is 0.425 e. The van der Waals surface area contributed by atoms with Crippen LogP contribution in [0, 0.1) is 0 Å². The highest BCUT2D eigenvalue weighted by molar-refractivity contribution is 6.24. The van der Waals surface area contributed by atoms with E-state index >= 15 is 0 Å². The van der Waals surface area contributed by atoms with Crippen LogP contribution in [0.5, 0.6) is 0 Å². The molecule has 0 aromatic heterocycles. The van der Waals surface area contributed by atoms with E-state index in [0.717, 1.165) is 49.0 Å². The molecule has 0 heterocycles. The number of carbonyl (C=O) groups excluding carboxylic acids is 2. The number of benzene rings is 4. The highest BCUT2D eigenvalue weighted by Crippen LogP contribution is 2.40. The first-order valence-electron chi connectivity index (χ1n) is 14.0. The lowest BCUT2D eigenvalue weighted by Crippen LogP contribution is -2.37. The van der Waals surface area contributed by atoms with Gasteiger partial charge < -0.3 is 19.7 Å². The van der Waals surface area contributed by atoms with Crippen LogP contribution in [0.25, 0.3) is 32.3 Å². The van der Waals surface area contributed by atoms with Gasteiger partial charge in [-0.2, -0.15) is 26.3 Å². The maximum atomic E-state index is 12.6. The van der Waals surface area contributed by atoms with E-state index in [4.69, 9.17) is 10.2 Å². The first kappa shape index (κ1) is 33.3. The quantitative estimate of drug-likeness (QED) is 0.0884. The molecule has 12 heteroatoms. The average molecular weight is 627 g/mol. The third-order valence-corrected chi connectivity index (χ3v) is 7.49. The van der Waals surface area contributed by atoms with Crippen LogP contribution in [0.2, 0.25) is 0 Å². The minimum Gasteiger partial charge on any atom is -0.464 e. The van der Waals surface area contributed by atoms with Crippen LogP contribution in [0.4, 0.5) is 26.3 Å². The summed E-state index contributed by atoms with van der Waals surface area (Å²) in [6.07, 6.45) is -15.8. The molecule has 0 saturated carbocycles. The zero-order valence-electron chi connectivity index (χ0n) is 24.2. The molecule has 0 saturated heterocycles. The Hall–Kier alpha value is -3.64. The summed E-state index contributed by atoms with van der Waals surface area (Å²) in [6.45, 7) is 5.59. The Labute approximate surface area is 248 Å². The molecular formula is C32H32F6O6. The van der Waals surface area contributed by atoms with Crippen LogP contribution < -0.4 is 0 Å². The predicted molar refractivity (Wildman–Crippen MR) is 152 cm³/mol. The molecule has 4 rings (SSSR count). The number of aryl methyl sites for hydroxylation is 2. The summed E-state index contributed by atoms with van der Waals surface area (Å²) in [5.41, 5.74) is 2.63. The zero-order chi connectivity index (χ0) is 32.6. The molecular weight excluding hydrogens is 594 g/mol. The van der Waals surface area contributed by atoms with Gasteiger partial charge in [0.1, 0.15) is 0 Å². The Morgan fingerprint density at radius 3 is 1.45 bits per heavy atom. The highest BCUT2D eigenvalue weighted by Gasteiger charge is 2.45.